The topological polar surface area (TPSA) is 99.1 Å². The predicted molar refractivity (Wildman–Crippen MR) is 247 cm³/mol. The highest BCUT2D eigenvalue weighted by atomic mass is 16.6. The van der Waals surface area contributed by atoms with Crippen LogP contribution < -0.4 is 0 Å². The Hall–Kier alpha value is -4.27. The molecule has 2 atom stereocenters. The van der Waals surface area contributed by atoms with Crippen molar-refractivity contribution in [3.63, 3.8) is 0 Å². The van der Waals surface area contributed by atoms with Gasteiger partial charge in [-0.1, -0.05) is 174 Å². The molecule has 0 amide bonds. The normalized spacial score (nSPS) is 14.1. The monoisotopic (exact) mass is 819 g/mol. The number of hydrogen-bond donors (Lipinski definition) is 1. The van der Waals surface area contributed by atoms with E-state index < -0.39 is 18.1 Å². The molecule has 0 fully saturated rings. The second-order valence-corrected chi connectivity index (χ2v) is 15.5. The number of nitrogens with zero attached hydrogens (tertiary/aromatic N) is 1. The lowest BCUT2D eigenvalue weighted by atomic mass is 10.1. The summed E-state index contributed by atoms with van der Waals surface area (Å²) in [5.41, 5.74) is 0. The van der Waals surface area contributed by atoms with Gasteiger partial charge < -0.3 is 23.8 Å². The lowest BCUT2D eigenvalue weighted by Crippen LogP contribution is -2.50. The van der Waals surface area contributed by atoms with Gasteiger partial charge in [-0.05, 0) is 57.8 Å². The van der Waals surface area contributed by atoms with E-state index in [4.69, 9.17) is 14.2 Å². The average molecular weight is 819 g/mol. The first-order chi connectivity index (χ1) is 28.6. The van der Waals surface area contributed by atoms with Gasteiger partial charge in [0.05, 0.1) is 34.4 Å². The molecule has 0 aliphatic rings. The number of rotatable bonds is 37. The van der Waals surface area contributed by atoms with Crippen LogP contribution in [0.3, 0.4) is 0 Å². The molecule has 0 aromatic rings. The summed E-state index contributed by atoms with van der Waals surface area (Å²) < 4.78 is 17.2. The van der Waals surface area contributed by atoms with Gasteiger partial charge in [-0.25, -0.2) is 4.79 Å². The van der Waals surface area contributed by atoms with Crippen molar-refractivity contribution < 1.29 is 38.2 Å². The fourth-order valence-corrected chi connectivity index (χ4v) is 5.66. The Morgan fingerprint density at radius 3 is 1.42 bits per heavy atom. The Kier molecular flexibility index (Phi) is 37.6. The minimum Gasteiger partial charge on any atom is -0.477 e. The van der Waals surface area contributed by atoms with Gasteiger partial charge in [-0.2, -0.15) is 0 Å². The number of carboxylic acids is 1. The Morgan fingerprint density at radius 2 is 0.949 bits per heavy atom. The maximum absolute atomic E-state index is 12.7. The van der Waals surface area contributed by atoms with Crippen LogP contribution in [0.15, 0.2) is 122 Å². The van der Waals surface area contributed by atoms with E-state index >= 15 is 0 Å². The van der Waals surface area contributed by atoms with Crippen LogP contribution >= 0.6 is 0 Å². The molecule has 0 aromatic carbocycles. The van der Waals surface area contributed by atoms with Crippen molar-refractivity contribution in [1.29, 1.82) is 0 Å². The van der Waals surface area contributed by atoms with Crippen LogP contribution in [-0.4, -0.2) is 80.6 Å². The Morgan fingerprint density at radius 1 is 0.525 bits per heavy atom. The molecule has 0 heterocycles. The average Bonchev–Trinajstić information content (AvgIpc) is 3.19. The molecule has 8 nitrogen and oxygen atoms in total. The number of hydrogen-bond acceptors (Lipinski definition) is 6. The van der Waals surface area contributed by atoms with E-state index in [9.17, 15) is 19.5 Å². The van der Waals surface area contributed by atoms with Gasteiger partial charge in [0.25, 0.3) is 0 Å². The molecule has 0 bridgehead atoms. The van der Waals surface area contributed by atoms with Gasteiger partial charge in [0.15, 0.2) is 12.1 Å². The largest absolute Gasteiger partial charge is 0.477 e. The van der Waals surface area contributed by atoms with Gasteiger partial charge in [0.1, 0.15) is 6.61 Å². The Bertz CT molecular complexity index is 1370. The third-order valence-electron chi connectivity index (χ3n) is 9.10. The number of likely N-dealkylation sites (N-methyl/N-ethyl adjacent to an activating group) is 1. The van der Waals surface area contributed by atoms with Crippen LogP contribution in [0.2, 0.25) is 0 Å². The molecule has 0 aliphatic carbocycles. The van der Waals surface area contributed by atoms with Gasteiger partial charge in [-0.3, -0.25) is 9.59 Å². The van der Waals surface area contributed by atoms with Crippen molar-refractivity contribution in [3.05, 3.63) is 122 Å². The summed E-state index contributed by atoms with van der Waals surface area (Å²) in [6, 6.07) is -0.635. The molecule has 1 N–H and O–H groups in total. The maximum atomic E-state index is 12.7. The third kappa shape index (κ3) is 39.0. The highest BCUT2D eigenvalue weighted by Crippen LogP contribution is 2.12. The Labute approximate surface area is 359 Å². The van der Waals surface area contributed by atoms with Crippen molar-refractivity contribution in [2.45, 2.75) is 142 Å². The fourth-order valence-electron chi connectivity index (χ4n) is 5.66. The number of carbonyl (C=O) groups excluding carboxylic acids is 2. The van der Waals surface area contributed by atoms with Crippen molar-refractivity contribution in [2.24, 2.45) is 0 Å². The number of esters is 2. The second-order valence-electron chi connectivity index (χ2n) is 15.5. The SMILES string of the molecule is CC/C=C/C=C/C=C/C=C/C=C/C=C/CCCCCC(=O)OCC(COCCC(C(=O)O)[N+](C)(C)C)OC(=O)CCCCCCC/C=C/C=C/C=C/C=C/CCCCC. The third-order valence-corrected chi connectivity index (χ3v) is 9.10. The number of carbonyl (C=O) groups is 3. The lowest BCUT2D eigenvalue weighted by molar-refractivity contribution is -0.887. The molecule has 0 spiro atoms. The van der Waals surface area contributed by atoms with Crippen LogP contribution in [0.4, 0.5) is 0 Å². The summed E-state index contributed by atoms with van der Waals surface area (Å²) in [7, 11) is 5.48. The van der Waals surface area contributed by atoms with Crippen molar-refractivity contribution in [1.82, 2.24) is 0 Å². The minimum atomic E-state index is -0.893. The van der Waals surface area contributed by atoms with E-state index in [1.807, 2.05) is 94.1 Å². The molecule has 0 aliphatic heterocycles. The highest BCUT2D eigenvalue weighted by molar-refractivity contribution is 5.72. The van der Waals surface area contributed by atoms with E-state index in [1.165, 1.54) is 19.3 Å². The van der Waals surface area contributed by atoms with Crippen molar-refractivity contribution in [3.8, 4) is 0 Å². The number of unbranched alkanes of at least 4 members (excludes halogenated alkanes) is 11. The molecule has 59 heavy (non-hydrogen) atoms. The lowest BCUT2D eigenvalue weighted by Gasteiger charge is -2.31. The molecule has 2 unspecified atom stereocenters. The molecule has 8 heteroatoms. The molecule has 0 saturated heterocycles. The summed E-state index contributed by atoms with van der Waals surface area (Å²) in [4.78, 5) is 37.0. The first-order valence-corrected chi connectivity index (χ1v) is 22.2. The first kappa shape index (κ1) is 54.7. The minimum absolute atomic E-state index is 0.0270. The van der Waals surface area contributed by atoms with Crippen molar-refractivity contribution in [2.75, 3.05) is 41.0 Å². The summed E-state index contributed by atoms with van der Waals surface area (Å²) in [6.07, 6.45) is 56.6. The smallest absolute Gasteiger partial charge is 0.362 e. The van der Waals surface area contributed by atoms with E-state index in [2.05, 4.69) is 62.5 Å². The predicted octanol–water partition coefficient (Wildman–Crippen LogP) is 12.2. The maximum Gasteiger partial charge on any atom is 0.362 e. The zero-order valence-electron chi connectivity index (χ0n) is 37.4. The van der Waals surface area contributed by atoms with Crippen LogP contribution in [0, 0.1) is 0 Å². The summed E-state index contributed by atoms with van der Waals surface area (Å²) in [5.74, 6) is -1.58. The zero-order valence-corrected chi connectivity index (χ0v) is 37.4. The number of ether oxygens (including phenoxy) is 3. The molecular formula is C51H80NO7+. The van der Waals surface area contributed by atoms with Crippen LogP contribution in [0.25, 0.3) is 0 Å². The van der Waals surface area contributed by atoms with E-state index in [0.29, 0.717) is 12.8 Å². The number of quaternary nitrogens is 1. The fraction of sp³-hybridized carbons (Fsp3) is 0.549. The van der Waals surface area contributed by atoms with Gasteiger partial charge >= 0.3 is 17.9 Å². The summed E-state index contributed by atoms with van der Waals surface area (Å²) in [6.45, 7) is 4.45. The van der Waals surface area contributed by atoms with Crippen molar-refractivity contribution >= 4 is 17.9 Å². The standard InChI is InChI=1S/C51H79NO7/c1-6-8-10-12-14-16-18-20-22-24-26-28-30-32-34-36-38-40-42-50(54)59-47(45-57-44-43-48(51(55)56)52(3,4)5)46-58-49(53)41-39-37-35-33-31-29-27-25-23-21-19-17-15-13-11-9-7-2/h9,11,13-29,31,47-48H,6-8,10,12,30,32-46H2,1-5H3/p+1/b11-9+,15-13+,16-14+,19-17+,20-18+,23-21+,24-22+,27-25+,28-26+,31-29+. The van der Waals surface area contributed by atoms with Crippen LogP contribution in [0.5, 0.6) is 0 Å². The van der Waals surface area contributed by atoms with Crippen LogP contribution in [0.1, 0.15) is 129 Å². The highest BCUT2D eigenvalue weighted by Gasteiger charge is 2.31. The van der Waals surface area contributed by atoms with E-state index in [0.717, 1.165) is 70.6 Å². The first-order valence-electron chi connectivity index (χ1n) is 22.2. The molecular weight excluding hydrogens is 739 g/mol. The van der Waals surface area contributed by atoms with Gasteiger partial charge in [0, 0.05) is 19.3 Å². The number of aliphatic carboxylic acids is 1. The zero-order chi connectivity index (χ0) is 43.5. The van der Waals surface area contributed by atoms with E-state index in [1.54, 1.807) is 0 Å². The van der Waals surface area contributed by atoms with Crippen LogP contribution in [-0.2, 0) is 28.6 Å². The molecule has 330 valence electrons. The van der Waals surface area contributed by atoms with Gasteiger partial charge in [-0.15, -0.1) is 0 Å². The summed E-state index contributed by atoms with van der Waals surface area (Å²) >= 11 is 0. The summed E-state index contributed by atoms with van der Waals surface area (Å²) in [5, 5.41) is 9.62. The molecule has 0 saturated carbocycles. The second kappa shape index (κ2) is 40.5. The Balaban J connectivity index is 4.53. The molecule has 0 radical (unpaired) electrons. The number of carboxylic acid groups (broad SMARTS) is 1. The molecule has 0 rings (SSSR count). The quantitative estimate of drug-likeness (QED) is 0.0288. The molecule has 0 aromatic heterocycles. The van der Waals surface area contributed by atoms with E-state index in [-0.39, 0.29) is 49.1 Å². The van der Waals surface area contributed by atoms with Gasteiger partial charge in [0.2, 0.25) is 0 Å². The number of allylic oxidation sites excluding steroid dienone is 20.